The predicted molar refractivity (Wildman–Crippen MR) is 191 cm³/mol. The van der Waals surface area contributed by atoms with Crippen LogP contribution in [0.25, 0.3) is 11.1 Å². The smallest absolute Gasteiger partial charge is 0.408 e. The Morgan fingerprint density at radius 3 is 2.35 bits per heavy atom. The molecule has 5 rings (SSSR count). The summed E-state index contributed by atoms with van der Waals surface area (Å²) in [6.45, 7) is 0.411. The monoisotopic (exact) mass is 729 g/mol. The van der Waals surface area contributed by atoms with Crippen molar-refractivity contribution >= 4 is 33.9 Å². The highest BCUT2D eigenvalue weighted by atomic mass is 32.2. The van der Waals surface area contributed by atoms with E-state index in [2.05, 4.69) is 15.4 Å². The number of hydrogen-bond acceptors (Lipinski definition) is 10. The second-order valence-corrected chi connectivity index (χ2v) is 13.9. The van der Waals surface area contributed by atoms with E-state index in [4.69, 9.17) is 14.2 Å². The minimum Gasteiger partial charge on any atom is -0.507 e. The average molecular weight is 730 g/mol. The zero-order chi connectivity index (χ0) is 37.1. The normalized spacial score (nSPS) is 15.2. The Labute approximate surface area is 301 Å². The number of carbonyl (C=O) groups excluding carboxylic acids is 4. The van der Waals surface area contributed by atoms with Crippen LogP contribution in [0.5, 0.6) is 11.5 Å². The fourth-order valence-electron chi connectivity index (χ4n) is 5.75. The number of ether oxygens (including phenoxy) is 3. The molecule has 0 aliphatic carbocycles. The molecule has 52 heavy (non-hydrogen) atoms. The molecule has 0 radical (unpaired) electrons. The van der Waals surface area contributed by atoms with Crippen molar-refractivity contribution in [2.24, 2.45) is 0 Å². The van der Waals surface area contributed by atoms with E-state index in [1.165, 1.54) is 13.2 Å². The van der Waals surface area contributed by atoms with Gasteiger partial charge in [0.25, 0.3) is 0 Å². The highest BCUT2D eigenvalue weighted by Gasteiger charge is 2.39. The van der Waals surface area contributed by atoms with Crippen molar-refractivity contribution in [2.45, 2.75) is 43.6 Å². The van der Waals surface area contributed by atoms with Crippen molar-refractivity contribution < 1.29 is 46.9 Å². The molecule has 4 N–H and O–H groups in total. The topological polar surface area (TPSA) is 186 Å². The third-order valence-corrected chi connectivity index (χ3v) is 10.0. The van der Waals surface area contributed by atoms with Crippen LogP contribution in [-0.2, 0) is 42.1 Å². The summed E-state index contributed by atoms with van der Waals surface area (Å²) < 4.78 is 43.5. The molecule has 1 aliphatic heterocycles. The molecule has 1 unspecified atom stereocenters. The van der Waals surface area contributed by atoms with Crippen LogP contribution in [0.4, 0.5) is 4.79 Å². The molecule has 13 nitrogen and oxygen atoms in total. The molecule has 0 aromatic heterocycles. The van der Waals surface area contributed by atoms with E-state index >= 15 is 0 Å². The van der Waals surface area contributed by atoms with E-state index in [0.29, 0.717) is 29.5 Å². The zero-order valence-electron chi connectivity index (χ0n) is 28.4. The Morgan fingerprint density at radius 2 is 1.65 bits per heavy atom. The molecule has 3 amide bonds. The maximum absolute atomic E-state index is 13.5. The van der Waals surface area contributed by atoms with Crippen LogP contribution in [0.3, 0.4) is 0 Å². The first-order valence-corrected chi connectivity index (χ1v) is 18.1. The number of alkyl carbamates (subject to hydrolysis) is 1. The summed E-state index contributed by atoms with van der Waals surface area (Å²) in [7, 11) is -2.73. The molecule has 2 atom stereocenters. The number of phenols is 1. The number of methoxy groups -OCH3 is 1. The van der Waals surface area contributed by atoms with E-state index in [-0.39, 0.29) is 49.7 Å². The number of esters is 1. The number of aromatic hydroxyl groups is 1. The molecule has 0 spiro atoms. The standard InChI is InChI=1S/C38H39N3O10S/c1-49-37(45)35-31(42)15-10-16-32(35)50-20-9-8-19-39-36(44)30(40-38(46)51-24-25-11-4-2-5-12-25)22-26-17-18-28(33-23-34(43)41-52(33,47)48)29(21-26)27-13-6-3-7-14-27/h2-7,10-18,21,30,33,42H,8-9,19-20,22-24H2,1H3,(H,39,44)(H,40,46)(H,41,43)/t30-,33?/m0/s1. The number of unbranched alkanes of at least 4 members (excludes halogenated alkanes) is 1. The van der Waals surface area contributed by atoms with Crippen molar-refractivity contribution in [3.8, 4) is 22.6 Å². The Balaban J connectivity index is 1.28. The van der Waals surface area contributed by atoms with E-state index in [9.17, 15) is 32.7 Å². The van der Waals surface area contributed by atoms with Gasteiger partial charge in [-0.3, -0.25) is 14.3 Å². The molecule has 1 fully saturated rings. The first-order chi connectivity index (χ1) is 25.1. The zero-order valence-corrected chi connectivity index (χ0v) is 29.2. The van der Waals surface area contributed by atoms with Crippen molar-refractivity contribution in [1.29, 1.82) is 0 Å². The minimum absolute atomic E-state index is 0.00658. The Bertz CT molecular complexity index is 2010. The highest BCUT2D eigenvalue weighted by Crippen LogP contribution is 2.37. The van der Waals surface area contributed by atoms with Crippen LogP contribution in [-0.4, -0.2) is 63.7 Å². The average Bonchev–Trinajstić information content (AvgIpc) is 3.43. The first-order valence-electron chi connectivity index (χ1n) is 16.6. The van der Waals surface area contributed by atoms with Gasteiger partial charge in [0.1, 0.15) is 35.0 Å². The maximum atomic E-state index is 13.5. The van der Waals surface area contributed by atoms with Crippen LogP contribution in [0.1, 0.15) is 51.6 Å². The Morgan fingerprint density at radius 1 is 0.923 bits per heavy atom. The van der Waals surface area contributed by atoms with Gasteiger partial charge in [-0.25, -0.2) is 18.0 Å². The van der Waals surface area contributed by atoms with Crippen LogP contribution >= 0.6 is 0 Å². The van der Waals surface area contributed by atoms with Gasteiger partial charge in [-0.05, 0) is 52.8 Å². The van der Waals surface area contributed by atoms with Gasteiger partial charge >= 0.3 is 12.1 Å². The van der Waals surface area contributed by atoms with Gasteiger partial charge in [0, 0.05) is 13.0 Å². The largest absolute Gasteiger partial charge is 0.507 e. The number of nitrogens with one attached hydrogen (secondary N) is 3. The number of benzene rings is 4. The molecule has 0 bridgehead atoms. The number of sulfonamides is 1. The van der Waals surface area contributed by atoms with Crippen LogP contribution in [0.2, 0.25) is 0 Å². The Hall–Kier alpha value is -5.89. The molecule has 272 valence electrons. The number of carbonyl (C=O) groups is 4. The van der Waals surface area contributed by atoms with Gasteiger partial charge in [0.15, 0.2) is 0 Å². The molecule has 14 heteroatoms. The SMILES string of the molecule is COC(=O)c1c(O)cccc1OCCCCNC(=O)[C@H](Cc1ccc(C2CC(=O)NS2(=O)=O)c(-c2ccccc2)c1)NC(=O)OCc1ccccc1. The molecule has 1 heterocycles. The number of phenolic OH excluding ortho intramolecular Hbond substituents is 1. The summed E-state index contributed by atoms with van der Waals surface area (Å²) in [5, 5.41) is 14.5. The van der Waals surface area contributed by atoms with Crippen molar-refractivity contribution in [3.63, 3.8) is 0 Å². The molecule has 4 aromatic rings. The van der Waals surface area contributed by atoms with Gasteiger partial charge < -0.3 is 30.0 Å². The lowest BCUT2D eigenvalue weighted by Gasteiger charge is -2.21. The summed E-state index contributed by atoms with van der Waals surface area (Å²) in [4.78, 5) is 50.6. The van der Waals surface area contributed by atoms with Crippen molar-refractivity contribution in [2.75, 3.05) is 20.3 Å². The van der Waals surface area contributed by atoms with Crippen molar-refractivity contribution in [3.05, 3.63) is 119 Å². The van der Waals surface area contributed by atoms with E-state index < -0.39 is 45.2 Å². The Kier molecular flexibility index (Phi) is 12.5. The summed E-state index contributed by atoms with van der Waals surface area (Å²) in [5.74, 6) is -1.89. The predicted octanol–water partition coefficient (Wildman–Crippen LogP) is 4.55. The molecular formula is C38H39N3O10S. The van der Waals surface area contributed by atoms with Gasteiger partial charge in [-0.15, -0.1) is 0 Å². The summed E-state index contributed by atoms with van der Waals surface area (Å²) in [6, 6.07) is 26.6. The number of rotatable bonds is 15. The lowest BCUT2D eigenvalue weighted by molar-refractivity contribution is -0.123. The molecule has 4 aromatic carbocycles. The molecule has 0 saturated carbocycles. The fourth-order valence-corrected chi connectivity index (χ4v) is 7.20. The summed E-state index contributed by atoms with van der Waals surface area (Å²) in [6.07, 6.45) is -0.00750. The lowest BCUT2D eigenvalue weighted by Crippen LogP contribution is -2.48. The van der Waals surface area contributed by atoms with E-state index in [1.807, 2.05) is 48.5 Å². The van der Waals surface area contributed by atoms with Crippen LogP contribution < -0.4 is 20.1 Å². The summed E-state index contributed by atoms with van der Waals surface area (Å²) in [5.41, 5.74) is 3.05. The molecule has 1 saturated heterocycles. The second-order valence-electron chi connectivity index (χ2n) is 12.0. The third-order valence-electron chi connectivity index (χ3n) is 8.33. The van der Waals surface area contributed by atoms with Gasteiger partial charge in [0.2, 0.25) is 21.8 Å². The van der Waals surface area contributed by atoms with Gasteiger partial charge in [-0.1, -0.05) is 84.9 Å². The van der Waals surface area contributed by atoms with Gasteiger partial charge in [0.05, 0.1) is 20.1 Å². The first kappa shape index (κ1) is 37.4. The number of amides is 3. The summed E-state index contributed by atoms with van der Waals surface area (Å²) >= 11 is 0. The number of hydrogen-bond donors (Lipinski definition) is 4. The quantitative estimate of drug-likeness (QED) is 0.1000. The maximum Gasteiger partial charge on any atom is 0.408 e. The molecular weight excluding hydrogens is 690 g/mol. The van der Waals surface area contributed by atoms with E-state index in [0.717, 1.165) is 11.1 Å². The minimum atomic E-state index is -3.93. The van der Waals surface area contributed by atoms with Gasteiger partial charge in [-0.2, -0.15) is 0 Å². The highest BCUT2D eigenvalue weighted by molar-refractivity contribution is 7.90. The molecule has 1 aliphatic rings. The second kappa shape index (κ2) is 17.4. The van der Waals surface area contributed by atoms with Crippen LogP contribution in [0, 0.1) is 0 Å². The van der Waals surface area contributed by atoms with E-state index in [1.54, 1.807) is 42.5 Å². The lowest BCUT2D eigenvalue weighted by atomic mass is 9.92. The van der Waals surface area contributed by atoms with Crippen molar-refractivity contribution in [1.82, 2.24) is 15.4 Å². The fraction of sp³-hybridized carbons (Fsp3) is 0.263. The third kappa shape index (κ3) is 9.66. The van der Waals surface area contributed by atoms with Crippen LogP contribution in [0.15, 0.2) is 97.1 Å².